The second-order valence-electron chi connectivity index (χ2n) is 16.5. The summed E-state index contributed by atoms with van der Waals surface area (Å²) in [6, 6.07) is 11.9. The maximum Gasteiger partial charge on any atom is 0.258 e. The Kier molecular flexibility index (Phi) is 16.0. The normalized spacial score (nSPS) is 17.5. The van der Waals surface area contributed by atoms with E-state index in [1.54, 1.807) is 55.3 Å². The molecule has 0 spiro atoms. The van der Waals surface area contributed by atoms with Gasteiger partial charge in [-0.25, -0.2) is 14.4 Å². The van der Waals surface area contributed by atoms with Gasteiger partial charge >= 0.3 is 0 Å². The summed E-state index contributed by atoms with van der Waals surface area (Å²) in [7, 11) is 4.93. The zero-order valence-corrected chi connectivity index (χ0v) is 38.7. The van der Waals surface area contributed by atoms with E-state index in [0.29, 0.717) is 60.1 Å². The largest absolute Gasteiger partial charge is 0.497 e. The highest BCUT2D eigenvalue weighted by Crippen LogP contribution is 2.42. The van der Waals surface area contributed by atoms with Gasteiger partial charge in [-0.3, -0.25) is 14.4 Å². The molecule has 3 fully saturated rings. The molecule has 4 N–H and O–H groups in total. The molecule has 0 radical (unpaired) electrons. The number of ether oxygens (including phenoxy) is 2. The summed E-state index contributed by atoms with van der Waals surface area (Å²) in [5, 5.41) is 12.2. The third-order valence-corrected chi connectivity index (χ3v) is 14.5. The van der Waals surface area contributed by atoms with Crippen LogP contribution in [0.15, 0.2) is 54.2 Å². The summed E-state index contributed by atoms with van der Waals surface area (Å²) in [6.07, 6.45) is 9.28. The summed E-state index contributed by atoms with van der Waals surface area (Å²) >= 11 is 9.23. The molecule has 3 heterocycles. The van der Waals surface area contributed by atoms with Gasteiger partial charge in [0.2, 0.25) is 17.8 Å². The Hall–Kier alpha value is -4.67. The van der Waals surface area contributed by atoms with Crippen LogP contribution in [0.2, 0.25) is 5.02 Å². The number of anilines is 3. The summed E-state index contributed by atoms with van der Waals surface area (Å²) < 4.78 is 24.5. The lowest BCUT2D eigenvalue weighted by atomic mass is 9.91. The number of carbonyl (C=O) groups is 3. The van der Waals surface area contributed by atoms with Crippen LogP contribution in [0.5, 0.6) is 11.5 Å². The van der Waals surface area contributed by atoms with Crippen LogP contribution < -0.4 is 30.7 Å². The van der Waals surface area contributed by atoms with E-state index in [4.69, 9.17) is 21.1 Å². The first-order valence-electron chi connectivity index (χ1n) is 21.2. The van der Waals surface area contributed by atoms with Crippen molar-refractivity contribution in [3.63, 3.8) is 0 Å². The van der Waals surface area contributed by atoms with Crippen molar-refractivity contribution in [3.05, 3.63) is 70.5 Å². The Morgan fingerprint density at radius 1 is 1.03 bits per heavy atom. The van der Waals surface area contributed by atoms with Gasteiger partial charge in [0.25, 0.3) is 5.91 Å². The molecule has 3 aliphatic rings. The van der Waals surface area contributed by atoms with Gasteiger partial charge in [0.05, 0.1) is 42.2 Å². The van der Waals surface area contributed by atoms with Crippen molar-refractivity contribution in [2.75, 3.05) is 44.2 Å². The van der Waals surface area contributed by atoms with Crippen LogP contribution >= 0.6 is 34.7 Å². The van der Waals surface area contributed by atoms with Crippen LogP contribution in [0.25, 0.3) is 10.4 Å². The fourth-order valence-corrected chi connectivity index (χ4v) is 9.98. The zero-order valence-electron chi connectivity index (χ0n) is 36.3. The zero-order chi connectivity index (χ0) is 44.4. The van der Waals surface area contributed by atoms with Gasteiger partial charge in [0.15, 0.2) is 5.67 Å². The maximum absolute atomic E-state index is 14.7. The molecule has 2 saturated carbocycles. The standard InChI is InChI=1S/C32H43FN4O3S2.C13H15ClN4O2/c1-21-26(41-20-35-21)24-13-11-22(12-14-24)18-34-28(38)25-10-7-17-37(25)29(39)27(36-30(40)32(33)15-16-32)31(2,3)42-19-23-8-5-4-6-9-23;1-15-12-9(14)7-16-13(18-12)17-10-5-4-8(19-2)6-11(10)20-3/h11-14,20,23,25,27H,4-10,15-19H2,1-3H3,(H,34,38)(H,36,40);4-7H,1-3H3,(H2,15,16,17,18). The topological polar surface area (TPSA) is 160 Å². The molecule has 4 aromatic rings. The maximum atomic E-state index is 14.7. The third kappa shape index (κ3) is 11.9. The SMILES string of the molecule is CNc1nc(Nc2ccc(OC)cc2OC)ncc1Cl.Cc1ncsc1-c1ccc(CNC(=O)C2CCCN2C(=O)C(NC(=O)C2(F)CC2)C(C)(C)SCC2CCCCC2)cc1. The molecule has 334 valence electrons. The monoisotopic (exact) mass is 908 g/mol. The van der Waals surface area contributed by atoms with Crippen molar-refractivity contribution < 1.29 is 28.2 Å². The number of nitrogens with one attached hydrogen (secondary N) is 4. The van der Waals surface area contributed by atoms with E-state index < -0.39 is 28.4 Å². The number of rotatable bonds is 16. The van der Waals surface area contributed by atoms with Gasteiger partial charge < -0.3 is 35.6 Å². The minimum atomic E-state index is -1.88. The molecule has 2 aromatic carbocycles. The van der Waals surface area contributed by atoms with Gasteiger partial charge in [0, 0.05) is 31.0 Å². The van der Waals surface area contributed by atoms with Crippen molar-refractivity contribution >= 4 is 69.9 Å². The quantitative estimate of drug-likeness (QED) is 0.0852. The van der Waals surface area contributed by atoms with Crippen molar-refractivity contribution in [1.82, 2.24) is 30.5 Å². The molecule has 2 atom stereocenters. The molecule has 13 nitrogen and oxygen atoms in total. The number of alkyl halides is 1. The summed E-state index contributed by atoms with van der Waals surface area (Å²) in [5.74, 6) is 2.60. The van der Waals surface area contributed by atoms with Crippen molar-refractivity contribution in [2.45, 2.75) is 108 Å². The first-order chi connectivity index (χ1) is 29.7. The minimum absolute atomic E-state index is 0.189. The van der Waals surface area contributed by atoms with Gasteiger partial charge in [0.1, 0.15) is 34.4 Å². The van der Waals surface area contributed by atoms with Crippen molar-refractivity contribution in [2.24, 2.45) is 5.92 Å². The Balaban J connectivity index is 0.000000268. The van der Waals surface area contributed by atoms with Gasteiger partial charge in [-0.15, -0.1) is 11.3 Å². The summed E-state index contributed by atoms with van der Waals surface area (Å²) in [4.78, 5) is 55.7. The van der Waals surface area contributed by atoms with Crippen LogP contribution in [0, 0.1) is 12.8 Å². The molecule has 17 heteroatoms. The Labute approximate surface area is 377 Å². The number of aromatic nitrogens is 3. The molecule has 2 aliphatic carbocycles. The smallest absolute Gasteiger partial charge is 0.258 e. The number of aryl methyl sites for hydroxylation is 1. The van der Waals surface area contributed by atoms with E-state index in [1.165, 1.54) is 38.3 Å². The fourth-order valence-electron chi connectivity index (χ4n) is 7.65. The lowest BCUT2D eigenvalue weighted by Crippen LogP contribution is -2.61. The number of methoxy groups -OCH3 is 2. The van der Waals surface area contributed by atoms with Crippen LogP contribution in [-0.2, 0) is 20.9 Å². The number of nitrogens with zero attached hydrogens (tertiary/aromatic N) is 4. The molecule has 2 unspecified atom stereocenters. The lowest BCUT2D eigenvalue weighted by Gasteiger charge is -2.38. The predicted octanol–water partition coefficient (Wildman–Crippen LogP) is 8.74. The third-order valence-electron chi connectivity index (χ3n) is 11.6. The first kappa shape index (κ1) is 46.8. The molecule has 7 rings (SSSR count). The van der Waals surface area contributed by atoms with E-state index in [-0.39, 0.29) is 24.7 Å². The molecule has 1 saturated heterocycles. The van der Waals surface area contributed by atoms with Crippen LogP contribution in [0.4, 0.5) is 21.8 Å². The van der Waals surface area contributed by atoms with Crippen LogP contribution in [-0.4, -0.2) is 93.6 Å². The number of thioether (sulfide) groups is 1. The van der Waals surface area contributed by atoms with Gasteiger partial charge in [-0.2, -0.15) is 16.7 Å². The number of amides is 3. The van der Waals surface area contributed by atoms with Gasteiger partial charge in [-0.05, 0) is 94.2 Å². The highest BCUT2D eigenvalue weighted by molar-refractivity contribution is 8.00. The number of carbonyl (C=O) groups excluding carboxylic acids is 3. The number of thiazole rings is 1. The number of likely N-dealkylation sites (tertiary alicyclic amines) is 1. The highest BCUT2D eigenvalue weighted by Gasteiger charge is 2.53. The molecule has 3 amide bonds. The average Bonchev–Trinajstić information content (AvgIpc) is 3.61. The minimum Gasteiger partial charge on any atom is -0.497 e. The Morgan fingerprint density at radius 2 is 1.77 bits per heavy atom. The number of halogens is 2. The van der Waals surface area contributed by atoms with E-state index in [2.05, 4.69) is 36.2 Å². The second kappa shape index (κ2) is 21.1. The van der Waals surface area contributed by atoms with E-state index >= 15 is 0 Å². The second-order valence-corrected chi connectivity index (χ2v) is 19.4. The van der Waals surface area contributed by atoms with E-state index in [9.17, 15) is 18.8 Å². The number of hydrogen-bond donors (Lipinski definition) is 4. The Bertz CT molecular complexity index is 2170. The predicted molar refractivity (Wildman–Crippen MR) is 246 cm³/mol. The molecule has 62 heavy (non-hydrogen) atoms. The Morgan fingerprint density at radius 3 is 2.42 bits per heavy atom. The van der Waals surface area contributed by atoms with Crippen molar-refractivity contribution in [1.29, 1.82) is 0 Å². The number of hydrogen-bond acceptors (Lipinski definition) is 12. The van der Waals surface area contributed by atoms with Crippen LogP contribution in [0.3, 0.4) is 0 Å². The fraction of sp³-hybridized carbons (Fsp3) is 0.511. The van der Waals surface area contributed by atoms with Crippen LogP contribution in [0.1, 0.15) is 82.9 Å². The van der Waals surface area contributed by atoms with E-state index in [1.807, 2.05) is 62.7 Å². The van der Waals surface area contributed by atoms with Gasteiger partial charge in [-0.1, -0.05) is 55.1 Å². The molecule has 1 aliphatic heterocycles. The number of benzene rings is 2. The average molecular weight is 910 g/mol. The first-order valence-corrected chi connectivity index (χ1v) is 23.4. The summed E-state index contributed by atoms with van der Waals surface area (Å²) in [6.45, 7) is 6.71. The molecule has 2 aromatic heterocycles. The summed E-state index contributed by atoms with van der Waals surface area (Å²) in [5.41, 5.74) is 3.75. The highest BCUT2D eigenvalue weighted by atomic mass is 35.5. The van der Waals surface area contributed by atoms with Crippen molar-refractivity contribution in [3.8, 4) is 21.9 Å². The lowest BCUT2D eigenvalue weighted by molar-refractivity contribution is -0.143. The molecular formula is C45H58ClFN8O5S2. The molecule has 0 bridgehead atoms. The van der Waals surface area contributed by atoms with E-state index in [0.717, 1.165) is 33.1 Å². The molecular weight excluding hydrogens is 851 g/mol.